The first kappa shape index (κ1) is 6.08. The van der Waals surface area contributed by atoms with Gasteiger partial charge in [-0.15, -0.1) is 0 Å². The van der Waals surface area contributed by atoms with E-state index < -0.39 is 0 Å². The molecule has 0 unspecified atom stereocenters. The van der Waals surface area contributed by atoms with Crippen molar-refractivity contribution in [2.24, 2.45) is 10.2 Å². The summed E-state index contributed by atoms with van der Waals surface area (Å²) in [6.07, 6.45) is 1.62. The zero-order valence-electron chi connectivity index (χ0n) is 4.39. The van der Waals surface area contributed by atoms with Gasteiger partial charge in [0.1, 0.15) is 0 Å². The summed E-state index contributed by atoms with van der Waals surface area (Å²) in [7, 11) is 0. The van der Waals surface area contributed by atoms with Gasteiger partial charge in [-0.25, -0.2) is 0 Å². The SMILES string of the molecule is C=CC(C)=NN=C. The van der Waals surface area contributed by atoms with Crippen molar-refractivity contribution in [1.82, 2.24) is 0 Å². The van der Waals surface area contributed by atoms with Gasteiger partial charge < -0.3 is 0 Å². The lowest BCUT2D eigenvalue weighted by molar-refractivity contribution is 1.26. The van der Waals surface area contributed by atoms with Crippen LogP contribution in [0.25, 0.3) is 0 Å². The lowest BCUT2D eigenvalue weighted by Crippen LogP contribution is -1.77. The largest absolute Gasteiger partial charge is 0.167 e. The number of nitrogens with zero attached hydrogens (tertiary/aromatic N) is 2. The van der Waals surface area contributed by atoms with E-state index >= 15 is 0 Å². The average molecular weight is 96.1 g/mol. The topological polar surface area (TPSA) is 24.7 Å². The summed E-state index contributed by atoms with van der Waals surface area (Å²) in [5, 5.41) is 6.83. The molecular weight excluding hydrogens is 88.1 g/mol. The highest BCUT2D eigenvalue weighted by Crippen LogP contribution is 1.75. The molecule has 0 aliphatic carbocycles. The predicted molar refractivity (Wildman–Crippen MR) is 32.9 cm³/mol. The number of allylic oxidation sites excluding steroid dienone is 1. The van der Waals surface area contributed by atoms with Crippen LogP contribution in [0, 0.1) is 0 Å². The Morgan fingerprint density at radius 1 is 1.71 bits per heavy atom. The van der Waals surface area contributed by atoms with Crippen LogP contribution < -0.4 is 0 Å². The molecule has 0 N–H and O–H groups in total. The van der Waals surface area contributed by atoms with E-state index in [0.29, 0.717) is 0 Å². The molecule has 0 radical (unpaired) electrons. The Bertz CT molecular complexity index is 103. The monoisotopic (exact) mass is 96.1 g/mol. The summed E-state index contributed by atoms with van der Waals surface area (Å²) in [6, 6.07) is 0. The lowest BCUT2D eigenvalue weighted by Gasteiger charge is -1.78. The lowest BCUT2D eigenvalue weighted by atomic mass is 10.4. The van der Waals surface area contributed by atoms with Crippen LogP contribution in [0.4, 0.5) is 0 Å². The second-order valence-electron chi connectivity index (χ2n) is 1.09. The van der Waals surface area contributed by atoms with E-state index in [0.717, 1.165) is 5.71 Å². The smallest absolute Gasteiger partial charge is 0.0593 e. The van der Waals surface area contributed by atoms with Crippen LogP contribution in [0.15, 0.2) is 22.9 Å². The maximum atomic E-state index is 3.56. The summed E-state index contributed by atoms with van der Waals surface area (Å²) < 4.78 is 0. The van der Waals surface area contributed by atoms with Crippen LogP contribution >= 0.6 is 0 Å². The van der Waals surface area contributed by atoms with Crippen molar-refractivity contribution >= 4 is 12.4 Å². The van der Waals surface area contributed by atoms with Crippen molar-refractivity contribution in [1.29, 1.82) is 0 Å². The van der Waals surface area contributed by atoms with Gasteiger partial charge in [0.25, 0.3) is 0 Å². The maximum absolute atomic E-state index is 3.56. The molecule has 0 fully saturated rings. The van der Waals surface area contributed by atoms with Crippen LogP contribution in [0.3, 0.4) is 0 Å². The fraction of sp³-hybridized carbons (Fsp3) is 0.200. The van der Waals surface area contributed by atoms with Crippen LogP contribution in [-0.2, 0) is 0 Å². The standard InChI is InChI=1S/C5H8N2/c1-4-5(2)7-6-3/h4H,1,3H2,2H3. The number of rotatable bonds is 2. The Hall–Kier alpha value is -0.920. The molecule has 38 valence electrons. The highest BCUT2D eigenvalue weighted by molar-refractivity contribution is 5.92. The van der Waals surface area contributed by atoms with Crippen LogP contribution in [0.1, 0.15) is 6.92 Å². The Kier molecular flexibility index (Phi) is 2.85. The van der Waals surface area contributed by atoms with Gasteiger partial charge in [-0.1, -0.05) is 6.58 Å². The van der Waals surface area contributed by atoms with Crippen LogP contribution in [-0.4, -0.2) is 12.4 Å². The molecule has 7 heavy (non-hydrogen) atoms. The molecule has 0 aliphatic heterocycles. The van der Waals surface area contributed by atoms with Crippen molar-refractivity contribution in [2.45, 2.75) is 6.92 Å². The number of hydrogen-bond acceptors (Lipinski definition) is 2. The summed E-state index contributed by atoms with van der Waals surface area (Å²) in [5.41, 5.74) is 0.787. The van der Waals surface area contributed by atoms with Gasteiger partial charge >= 0.3 is 0 Å². The van der Waals surface area contributed by atoms with Gasteiger partial charge in [0.2, 0.25) is 0 Å². The average Bonchev–Trinajstić information content (AvgIpc) is 1.68. The summed E-state index contributed by atoms with van der Waals surface area (Å²) >= 11 is 0. The fourth-order valence-corrected chi connectivity index (χ4v) is 0.152. The minimum Gasteiger partial charge on any atom is -0.167 e. The van der Waals surface area contributed by atoms with Gasteiger partial charge in [-0.3, -0.25) is 0 Å². The quantitative estimate of drug-likeness (QED) is 0.365. The molecule has 0 saturated heterocycles. The van der Waals surface area contributed by atoms with E-state index in [9.17, 15) is 0 Å². The molecule has 0 spiro atoms. The first-order valence-corrected chi connectivity index (χ1v) is 1.94. The first-order valence-electron chi connectivity index (χ1n) is 1.94. The molecule has 0 saturated carbocycles. The third kappa shape index (κ3) is 2.89. The van der Waals surface area contributed by atoms with E-state index in [-0.39, 0.29) is 0 Å². The van der Waals surface area contributed by atoms with Crippen molar-refractivity contribution in [2.75, 3.05) is 0 Å². The van der Waals surface area contributed by atoms with Crippen LogP contribution in [0.2, 0.25) is 0 Å². The molecule has 2 heteroatoms. The third-order valence-electron chi connectivity index (χ3n) is 0.524. The molecule has 0 aromatic rings. The minimum atomic E-state index is 0.787. The van der Waals surface area contributed by atoms with Gasteiger partial charge in [0.05, 0.1) is 5.71 Å². The summed E-state index contributed by atoms with van der Waals surface area (Å²) in [6.45, 7) is 8.43. The zero-order valence-corrected chi connectivity index (χ0v) is 4.39. The van der Waals surface area contributed by atoms with E-state index in [4.69, 9.17) is 0 Å². The molecule has 0 heterocycles. The Labute approximate surface area is 43.3 Å². The molecule has 2 nitrogen and oxygen atoms in total. The van der Waals surface area contributed by atoms with Gasteiger partial charge in [-0.05, 0) is 13.0 Å². The minimum absolute atomic E-state index is 0.787. The Morgan fingerprint density at radius 3 is 2.43 bits per heavy atom. The third-order valence-corrected chi connectivity index (χ3v) is 0.524. The molecule has 0 aliphatic rings. The summed E-state index contributed by atoms with van der Waals surface area (Å²) in [4.78, 5) is 0. The Balaban J connectivity index is 3.72. The van der Waals surface area contributed by atoms with E-state index in [1.165, 1.54) is 0 Å². The normalized spacial score (nSPS) is 10.7. The molecule has 0 aromatic heterocycles. The number of hydrogen-bond donors (Lipinski definition) is 0. The van der Waals surface area contributed by atoms with E-state index in [1.54, 1.807) is 6.08 Å². The molecular formula is C5H8N2. The molecule has 0 amide bonds. The van der Waals surface area contributed by atoms with Crippen molar-refractivity contribution in [3.63, 3.8) is 0 Å². The van der Waals surface area contributed by atoms with Crippen molar-refractivity contribution in [3.05, 3.63) is 12.7 Å². The van der Waals surface area contributed by atoms with E-state index in [1.807, 2.05) is 6.92 Å². The fourth-order valence-electron chi connectivity index (χ4n) is 0.152. The van der Waals surface area contributed by atoms with Gasteiger partial charge in [0.15, 0.2) is 0 Å². The predicted octanol–water partition coefficient (Wildman–Crippen LogP) is 1.25. The van der Waals surface area contributed by atoms with Crippen molar-refractivity contribution < 1.29 is 0 Å². The highest BCUT2D eigenvalue weighted by Gasteiger charge is 1.72. The molecule has 0 bridgehead atoms. The second-order valence-corrected chi connectivity index (χ2v) is 1.09. The first-order chi connectivity index (χ1) is 3.31. The maximum Gasteiger partial charge on any atom is 0.0593 e. The summed E-state index contributed by atoms with van der Waals surface area (Å²) in [5.74, 6) is 0. The second kappa shape index (κ2) is 3.28. The molecule has 0 atom stereocenters. The molecule has 0 rings (SSSR count). The van der Waals surface area contributed by atoms with Crippen molar-refractivity contribution in [3.8, 4) is 0 Å². The zero-order chi connectivity index (χ0) is 5.70. The van der Waals surface area contributed by atoms with Crippen LogP contribution in [0.5, 0.6) is 0 Å². The van der Waals surface area contributed by atoms with Gasteiger partial charge in [0, 0.05) is 6.72 Å². The Morgan fingerprint density at radius 2 is 2.29 bits per heavy atom. The van der Waals surface area contributed by atoms with E-state index in [2.05, 4.69) is 23.5 Å². The molecule has 0 aromatic carbocycles. The highest BCUT2D eigenvalue weighted by atomic mass is 15.2. The van der Waals surface area contributed by atoms with Gasteiger partial charge in [-0.2, -0.15) is 10.2 Å².